The molecule has 0 unspecified atom stereocenters. The number of likely N-dealkylation sites (tertiary alicyclic amines) is 1. The van der Waals surface area contributed by atoms with E-state index in [1.54, 1.807) is 12.1 Å². The van der Waals surface area contributed by atoms with Crippen LogP contribution >= 0.6 is 15.9 Å². The number of nitro benzene ring substituents is 1. The molecule has 0 radical (unpaired) electrons. The Morgan fingerprint density at radius 3 is 2.48 bits per heavy atom. The highest BCUT2D eigenvalue weighted by molar-refractivity contribution is 9.10. The lowest BCUT2D eigenvalue weighted by Gasteiger charge is -2.39. The van der Waals surface area contributed by atoms with Gasteiger partial charge in [0.1, 0.15) is 0 Å². The van der Waals surface area contributed by atoms with E-state index in [1.165, 1.54) is 38.5 Å². The Kier molecular flexibility index (Phi) is 4.31. The summed E-state index contributed by atoms with van der Waals surface area (Å²) < 4.78 is 0.555. The Labute approximate surface area is 133 Å². The zero-order valence-corrected chi connectivity index (χ0v) is 13.8. The van der Waals surface area contributed by atoms with Gasteiger partial charge in [-0.2, -0.15) is 0 Å². The third-order valence-corrected chi connectivity index (χ3v) is 5.86. The van der Waals surface area contributed by atoms with Crippen molar-refractivity contribution in [2.45, 2.75) is 45.1 Å². The van der Waals surface area contributed by atoms with Gasteiger partial charge in [-0.25, -0.2) is 0 Å². The molecule has 1 heterocycles. The fraction of sp³-hybridized carbons (Fsp3) is 0.625. The van der Waals surface area contributed by atoms with E-state index in [2.05, 4.69) is 20.8 Å². The van der Waals surface area contributed by atoms with Crippen LogP contribution in [0.5, 0.6) is 0 Å². The summed E-state index contributed by atoms with van der Waals surface area (Å²) in [7, 11) is 0. The molecule has 1 spiro atoms. The van der Waals surface area contributed by atoms with Gasteiger partial charge in [0.05, 0.1) is 9.40 Å². The van der Waals surface area contributed by atoms with Crippen molar-refractivity contribution in [3.63, 3.8) is 0 Å². The van der Waals surface area contributed by atoms with Crippen molar-refractivity contribution < 1.29 is 4.92 Å². The molecule has 1 saturated carbocycles. The van der Waals surface area contributed by atoms with Crippen LogP contribution in [0.15, 0.2) is 22.7 Å². The molecule has 2 fully saturated rings. The van der Waals surface area contributed by atoms with Gasteiger partial charge < -0.3 is 0 Å². The Bertz CT molecular complexity index is 531. The van der Waals surface area contributed by atoms with E-state index in [1.807, 2.05) is 6.07 Å². The quantitative estimate of drug-likeness (QED) is 0.593. The van der Waals surface area contributed by atoms with E-state index in [-0.39, 0.29) is 10.6 Å². The average molecular weight is 353 g/mol. The number of halogens is 1. The number of rotatable bonds is 3. The van der Waals surface area contributed by atoms with Crippen LogP contribution in [0.1, 0.15) is 44.1 Å². The smallest absolute Gasteiger partial charge is 0.283 e. The highest BCUT2D eigenvalue weighted by Crippen LogP contribution is 2.46. The van der Waals surface area contributed by atoms with Crippen molar-refractivity contribution in [1.29, 1.82) is 0 Å². The number of hydrogen-bond acceptors (Lipinski definition) is 3. The highest BCUT2D eigenvalue weighted by atomic mass is 79.9. The van der Waals surface area contributed by atoms with Gasteiger partial charge in [0.25, 0.3) is 5.69 Å². The summed E-state index contributed by atoms with van der Waals surface area (Å²) >= 11 is 3.24. The van der Waals surface area contributed by atoms with Crippen LogP contribution in [0.2, 0.25) is 0 Å². The SMILES string of the molecule is O=[N+]([O-])c1cc(CN2CCC3(CCCC3)CC2)ccc1Br. The lowest BCUT2D eigenvalue weighted by atomic mass is 9.77. The first-order valence-electron chi connectivity index (χ1n) is 7.73. The van der Waals surface area contributed by atoms with Crippen molar-refractivity contribution in [3.8, 4) is 0 Å². The largest absolute Gasteiger partial charge is 0.299 e. The Morgan fingerprint density at radius 1 is 1.19 bits per heavy atom. The van der Waals surface area contributed by atoms with Crippen molar-refractivity contribution >= 4 is 21.6 Å². The zero-order valence-electron chi connectivity index (χ0n) is 12.2. The summed E-state index contributed by atoms with van der Waals surface area (Å²) in [5.74, 6) is 0. The second kappa shape index (κ2) is 6.05. The molecular formula is C16H21BrN2O2. The standard InChI is InChI=1S/C16H21BrN2O2/c17-14-4-3-13(11-15(14)19(20)21)12-18-9-7-16(8-10-18)5-1-2-6-16/h3-4,11H,1-2,5-10,12H2. The van der Waals surface area contributed by atoms with Crippen LogP contribution in [0.25, 0.3) is 0 Å². The van der Waals surface area contributed by atoms with E-state index < -0.39 is 0 Å². The summed E-state index contributed by atoms with van der Waals surface area (Å²) in [6.07, 6.45) is 8.21. The molecular weight excluding hydrogens is 332 g/mol. The summed E-state index contributed by atoms with van der Waals surface area (Å²) in [5.41, 5.74) is 1.83. The monoisotopic (exact) mass is 352 g/mol. The lowest BCUT2D eigenvalue weighted by molar-refractivity contribution is -0.385. The van der Waals surface area contributed by atoms with E-state index in [4.69, 9.17) is 0 Å². The third kappa shape index (κ3) is 3.29. The molecule has 21 heavy (non-hydrogen) atoms. The summed E-state index contributed by atoms with van der Waals surface area (Å²) in [5, 5.41) is 11.0. The first-order chi connectivity index (χ1) is 10.1. The molecule has 2 aliphatic rings. The molecule has 4 nitrogen and oxygen atoms in total. The number of hydrogen-bond donors (Lipinski definition) is 0. The molecule has 3 rings (SSSR count). The van der Waals surface area contributed by atoms with Gasteiger partial charge in [-0.3, -0.25) is 15.0 Å². The summed E-state index contributed by atoms with van der Waals surface area (Å²) in [6, 6.07) is 5.47. The molecule has 5 heteroatoms. The van der Waals surface area contributed by atoms with Crippen molar-refractivity contribution in [2.24, 2.45) is 5.41 Å². The van der Waals surface area contributed by atoms with E-state index in [0.717, 1.165) is 25.2 Å². The molecule has 1 saturated heterocycles. The van der Waals surface area contributed by atoms with Gasteiger partial charge in [-0.05, 0) is 71.7 Å². The topological polar surface area (TPSA) is 46.4 Å². The lowest BCUT2D eigenvalue weighted by Crippen LogP contribution is -2.38. The molecule has 0 aromatic heterocycles. The molecule has 1 aliphatic heterocycles. The van der Waals surface area contributed by atoms with Gasteiger partial charge in [-0.1, -0.05) is 18.9 Å². The van der Waals surface area contributed by atoms with Gasteiger partial charge in [0, 0.05) is 12.6 Å². The third-order valence-electron chi connectivity index (χ3n) is 5.19. The van der Waals surface area contributed by atoms with Crippen LogP contribution in [0, 0.1) is 15.5 Å². The second-order valence-corrected chi connectivity index (χ2v) is 7.38. The van der Waals surface area contributed by atoms with E-state index in [0.29, 0.717) is 9.89 Å². The van der Waals surface area contributed by atoms with Crippen LogP contribution in [0.4, 0.5) is 5.69 Å². The number of benzene rings is 1. The first kappa shape index (κ1) is 15.0. The van der Waals surface area contributed by atoms with Crippen molar-refractivity contribution in [2.75, 3.05) is 13.1 Å². The van der Waals surface area contributed by atoms with Crippen LogP contribution in [-0.2, 0) is 6.54 Å². The first-order valence-corrected chi connectivity index (χ1v) is 8.53. The number of nitrogens with zero attached hydrogens (tertiary/aromatic N) is 2. The molecule has 0 bridgehead atoms. The molecule has 0 atom stereocenters. The maximum Gasteiger partial charge on any atom is 0.283 e. The van der Waals surface area contributed by atoms with Crippen LogP contribution in [0.3, 0.4) is 0 Å². The maximum atomic E-state index is 11.0. The fourth-order valence-electron chi connectivity index (χ4n) is 3.87. The summed E-state index contributed by atoms with van der Waals surface area (Å²) in [4.78, 5) is 13.1. The molecule has 1 aliphatic carbocycles. The number of nitro groups is 1. The van der Waals surface area contributed by atoms with Crippen molar-refractivity contribution in [3.05, 3.63) is 38.3 Å². The zero-order chi connectivity index (χ0) is 14.9. The summed E-state index contributed by atoms with van der Waals surface area (Å²) in [6.45, 7) is 3.08. The highest BCUT2D eigenvalue weighted by Gasteiger charge is 2.36. The van der Waals surface area contributed by atoms with Crippen molar-refractivity contribution in [1.82, 2.24) is 4.90 Å². The van der Waals surface area contributed by atoms with Crippen LogP contribution < -0.4 is 0 Å². The Balaban J connectivity index is 1.63. The van der Waals surface area contributed by atoms with Gasteiger partial charge in [-0.15, -0.1) is 0 Å². The average Bonchev–Trinajstić information content (AvgIpc) is 2.92. The molecule has 0 amide bonds. The molecule has 1 aromatic carbocycles. The molecule has 114 valence electrons. The minimum Gasteiger partial charge on any atom is -0.299 e. The minimum atomic E-state index is -0.322. The number of piperidine rings is 1. The predicted octanol–water partition coefficient (Wildman–Crippen LogP) is 4.51. The van der Waals surface area contributed by atoms with E-state index >= 15 is 0 Å². The Hall–Kier alpha value is -0.940. The Morgan fingerprint density at radius 2 is 1.86 bits per heavy atom. The predicted molar refractivity (Wildman–Crippen MR) is 86.2 cm³/mol. The van der Waals surface area contributed by atoms with Crippen LogP contribution in [-0.4, -0.2) is 22.9 Å². The van der Waals surface area contributed by atoms with E-state index in [9.17, 15) is 10.1 Å². The molecule has 1 aromatic rings. The normalized spacial score (nSPS) is 21.8. The van der Waals surface area contributed by atoms with Gasteiger partial charge in [0.2, 0.25) is 0 Å². The van der Waals surface area contributed by atoms with Gasteiger partial charge >= 0.3 is 0 Å². The molecule has 0 N–H and O–H groups in total. The van der Waals surface area contributed by atoms with Gasteiger partial charge in [0.15, 0.2) is 0 Å². The second-order valence-electron chi connectivity index (χ2n) is 6.53. The maximum absolute atomic E-state index is 11.0. The minimum absolute atomic E-state index is 0.164. The fourth-order valence-corrected chi connectivity index (χ4v) is 4.26.